The fourth-order valence-electron chi connectivity index (χ4n) is 6.15. The van der Waals surface area contributed by atoms with Crippen LogP contribution in [0.2, 0.25) is 0 Å². The molecule has 1 aliphatic heterocycles. The Kier molecular flexibility index (Phi) is 6.21. The molecule has 3 atom stereocenters. The quantitative estimate of drug-likeness (QED) is 0.378. The van der Waals surface area contributed by atoms with Crippen LogP contribution in [-0.4, -0.2) is 54.1 Å². The lowest BCUT2D eigenvalue weighted by Gasteiger charge is -2.34. The van der Waals surface area contributed by atoms with E-state index in [1.54, 1.807) is 29.6 Å². The van der Waals surface area contributed by atoms with E-state index in [2.05, 4.69) is 20.3 Å². The molecule has 4 heterocycles. The Balaban J connectivity index is 1.29. The number of pyridine rings is 1. The number of benzene rings is 1. The van der Waals surface area contributed by atoms with E-state index in [1.807, 2.05) is 48.7 Å². The summed E-state index contributed by atoms with van der Waals surface area (Å²) in [5, 5.41) is 3.70. The zero-order valence-electron chi connectivity index (χ0n) is 22.2. The first-order chi connectivity index (χ1) is 18.8. The fourth-order valence-corrected chi connectivity index (χ4v) is 6.15. The van der Waals surface area contributed by atoms with Gasteiger partial charge in [0, 0.05) is 52.4 Å². The van der Waals surface area contributed by atoms with Gasteiger partial charge in [0.15, 0.2) is 5.78 Å². The number of anilines is 1. The molecule has 9 nitrogen and oxygen atoms in total. The highest BCUT2D eigenvalue weighted by atomic mass is 16.2. The van der Waals surface area contributed by atoms with Crippen LogP contribution in [-0.2, 0) is 16.1 Å². The summed E-state index contributed by atoms with van der Waals surface area (Å²) in [6, 6.07) is 10.8. The summed E-state index contributed by atoms with van der Waals surface area (Å²) in [5.41, 5.74) is 3.90. The van der Waals surface area contributed by atoms with Gasteiger partial charge >= 0.3 is 0 Å². The lowest BCUT2D eigenvalue weighted by Crippen LogP contribution is -2.51. The number of piperidine rings is 1. The minimum absolute atomic E-state index is 0.0472. The van der Waals surface area contributed by atoms with E-state index in [9.17, 15) is 14.4 Å². The van der Waals surface area contributed by atoms with Gasteiger partial charge in [0.2, 0.25) is 11.8 Å². The van der Waals surface area contributed by atoms with Crippen molar-refractivity contribution in [2.75, 3.05) is 5.32 Å². The zero-order valence-corrected chi connectivity index (χ0v) is 22.2. The van der Waals surface area contributed by atoms with Crippen molar-refractivity contribution in [3.05, 3.63) is 72.1 Å². The van der Waals surface area contributed by atoms with Gasteiger partial charge in [-0.05, 0) is 75.8 Å². The Hall–Kier alpha value is -4.40. The van der Waals surface area contributed by atoms with Crippen LogP contribution in [0.5, 0.6) is 0 Å². The molecule has 39 heavy (non-hydrogen) atoms. The highest BCUT2D eigenvalue weighted by Gasteiger charge is 2.51. The lowest BCUT2D eigenvalue weighted by molar-refractivity contribution is -0.141. The number of amides is 2. The number of ketones is 1. The molecule has 6 rings (SSSR count). The Morgan fingerprint density at radius 3 is 2.56 bits per heavy atom. The number of nitrogens with one attached hydrogen (secondary N) is 1. The monoisotopic (exact) mass is 522 g/mol. The first kappa shape index (κ1) is 24.9. The fraction of sp³-hybridized carbons (Fsp3) is 0.333. The van der Waals surface area contributed by atoms with Gasteiger partial charge in [0.1, 0.15) is 24.2 Å². The molecule has 4 aromatic rings. The van der Waals surface area contributed by atoms with E-state index in [4.69, 9.17) is 0 Å². The van der Waals surface area contributed by atoms with Gasteiger partial charge in [-0.1, -0.05) is 12.1 Å². The van der Waals surface area contributed by atoms with Crippen LogP contribution in [0.15, 0.2) is 55.0 Å². The van der Waals surface area contributed by atoms with Gasteiger partial charge in [-0.3, -0.25) is 14.4 Å². The number of rotatable bonds is 6. The largest absolute Gasteiger partial charge is 0.337 e. The molecule has 1 aliphatic carbocycles. The Morgan fingerprint density at radius 2 is 1.82 bits per heavy atom. The number of carbonyl (C=O) groups excluding carboxylic acids is 3. The average Bonchev–Trinajstić information content (AvgIpc) is 3.62. The molecule has 0 spiro atoms. The van der Waals surface area contributed by atoms with E-state index in [0.717, 1.165) is 47.0 Å². The summed E-state index contributed by atoms with van der Waals surface area (Å²) in [4.78, 5) is 54.4. The van der Waals surface area contributed by atoms with E-state index in [1.165, 1.54) is 6.92 Å². The molecule has 9 heteroatoms. The molecule has 2 unspecified atom stereocenters. The van der Waals surface area contributed by atoms with Crippen LogP contribution < -0.4 is 5.32 Å². The van der Waals surface area contributed by atoms with Crippen LogP contribution >= 0.6 is 0 Å². The van der Waals surface area contributed by atoms with E-state index in [-0.39, 0.29) is 36.1 Å². The van der Waals surface area contributed by atoms with Gasteiger partial charge < -0.3 is 14.8 Å². The number of likely N-dealkylation sites (tertiary alicyclic amines) is 1. The molecule has 198 valence electrons. The van der Waals surface area contributed by atoms with Crippen LogP contribution in [0.3, 0.4) is 0 Å². The summed E-state index contributed by atoms with van der Waals surface area (Å²) < 4.78 is 1.83. The van der Waals surface area contributed by atoms with Crippen molar-refractivity contribution in [1.29, 1.82) is 0 Å². The smallest absolute Gasteiger partial charge is 0.248 e. The van der Waals surface area contributed by atoms with Gasteiger partial charge in [-0.15, -0.1) is 0 Å². The summed E-state index contributed by atoms with van der Waals surface area (Å²) in [6.45, 7) is 5.28. The highest BCUT2D eigenvalue weighted by molar-refractivity contribution is 6.08. The standard InChI is InChI=1S/C30H30N6O3/c1-17-5-4-6-27(33-17)34-30(39)29-21-7-9-23(11-21)36(29)28(38)16-35-15-25(18(2)37)24-12-20(8-10-26(24)35)22-13-31-19(3)32-14-22/h4-6,8,10,12-15,21,23,29H,7,9,11,16H2,1-3H3,(H,33,34,39)/t21?,23?,29-/m0/s1. The summed E-state index contributed by atoms with van der Waals surface area (Å²) >= 11 is 0. The molecule has 1 saturated heterocycles. The second kappa shape index (κ2) is 9.72. The SMILES string of the molecule is CC(=O)c1cn(CC(=O)N2C3CCC(C3)[C@H]2C(=O)Nc2cccc(C)n2)c2ccc(-c3cnc(C)nc3)cc12. The molecule has 2 bridgehead atoms. The number of hydrogen-bond donors (Lipinski definition) is 1. The first-order valence-electron chi connectivity index (χ1n) is 13.3. The molecule has 0 radical (unpaired) electrons. The van der Waals surface area contributed by atoms with Gasteiger partial charge in [-0.2, -0.15) is 0 Å². The van der Waals surface area contributed by atoms with Crippen molar-refractivity contribution in [3.8, 4) is 11.1 Å². The number of hydrogen-bond acceptors (Lipinski definition) is 6. The van der Waals surface area contributed by atoms with Crippen molar-refractivity contribution < 1.29 is 14.4 Å². The van der Waals surface area contributed by atoms with Crippen molar-refractivity contribution >= 4 is 34.3 Å². The maximum atomic E-state index is 13.8. The molecule has 1 N–H and O–H groups in total. The predicted molar refractivity (Wildman–Crippen MR) is 147 cm³/mol. The van der Waals surface area contributed by atoms with Crippen molar-refractivity contribution in [2.45, 2.75) is 58.7 Å². The van der Waals surface area contributed by atoms with Crippen molar-refractivity contribution in [2.24, 2.45) is 5.92 Å². The zero-order chi connectivity index (χ0) is 27.3. The normalized spacial score (nSPS) is 20.0. The maximum absolute atomic E-state index is 13.8. The second-order valence-electron chi connectivity index (χ2n) is 10.6. The molecule has 1 aromatic carbocycles. The predicted octanol–water partition coefficient (Wildman–Crippen LogP) is 4.33. The number of aryl methyl sites for hydroxylation is 2. The van der Waals surface area contributed by atoms with E-state index in [0.29, 0.717) is 17.2 Å². The molecular formula is C30H30N6O3. The van der Waals surface area contributed by atoms with Crippen LogP contribution in [0.25, 0.3) is 22.0 Å². The molecular weight excluding hydrogens is 492 g/mol. The minimum atomic E-state index is -0.527. The number of aromatic nitrogens is 4. The van der Waals surface area contributed by atoms with E-state index >= 15 is 0 Å². The number of nitrogens with zero attached hydrogens (tertiary/aromatic N) is 5. The van der Waals surface area contributed by atoms with Gasteiger partial charge in [-0.25, -0.2) is 15.0 Å². The third-order valence-electron chi connectivity index (χ3n) is 7.96. The first-order valence-corrected chi connectivity index (χ1v) is 13.3. The van der Waals surface area contributed by atoms with E-state index < -0.39 is 6.04 Å². The van der Waals surface area contributed by atoms with Crippen LogP contribution in [0, 0.1) is 19.8 Å². The summed E-state index contributed by atoms with van der Waals surface area (Å²) in [7, 11) is 0. The Labute approximate surface area is 226 Å². The minimum Gasteiger partial charge on any atom is -0.337 e. The molecule has 3 aromatic heterocycles. The molecule has 1 saturated carbocycles. The van der Waals surface area contributed by atoms with Crippen molar-refractivity contribution in [3.63, 3.8) is 0 Å². The molecule has 2 amide bonds. The Bertz CT molecular complexity index is 1610. The Morgan fingerprint density at radius 1 is 1.03 bits per heavy atom. The maximum Gasteiger partial charge on any atom is 0.248 e. The molecule has 2 fully saturated rings. The number of fused-ring (bicyclic) bond motifs is 3. The molecule has 2 aliphatic rings. The van der Waals surface area contributed by atoms with Crippen LogP contribution in [0.4, 0.5) is 5.82 Å². The third-order valence-corrected chi connectivity index (χ3v) is 7.96. The second-order valence-corrected chi connectivity index (χ2v) is 10.6. The summed E-state index contributed by atoms with van der Waals surface area (Å²) in [6.07, 6.45) is 7.93. The highest BCUT2D eigenvalue weighted by Crippen LogP contribution is 2.43. The van der Waals surface area contributed by atoms with Gasteiger partial charge in [0.25, 0.3) is 0 Å². The third kappa shape index (κ3) is 4.58. The summed E-state index contributed by atoms with van der Waals surface area (Å²) in [5.74, 6) is 0.922. The topological polar surface area (TPSA) is 110 Å². The average molecular weight is 523 g/mol. The number of carbonyl (C=O) groups is 3. The van der Waals surface area contributed by atoms with Crippen molar-refractivity contribution in [1.82, 2.24) is 24.4 Å². The van der Waals surface area contributed by atoms with Crippen LogP contribution in [0.1, 0.15) is 48.1 Å². The lowest BCUT2D eigenvalue weighted by atomic mass is 9.97. The van der Waals surface area contributed by atoms with Gasteiger partial charge in [0.05, 0.1) is 0 Å². The number of Topliss-reactive ketones (excluding diaryl/α,β-unsaturated/α-hetero) is 1.